The van der Waals surface area contributed by atoms with Crippen molar-refractivity contribution >= 4 is 29.9 Å². The van der Waals surface area contributed by atoms with Gasteiger partial charge in [-0.15, -0.1) is 12.4 Å². The van der Waals surface area contributed by atoms with Gasteiger partial charge in [0.25, 0.3) is 5.91 Å². The van der Waals surface area contributed by atoms with E-state index in [9.17, 15) is 4.79 Å². The van der Waals surface area contributed by atoms with E-state index < -0.39 is 0 Å². The smallest absolute Gasteiger partial charge is 0.251 e. The second-order valence-electron chi connectivity index (χ2n) is 3.97. The summed E-state index contributed by atoms with van der Waals surface area (Å²) in [5.41, 5.74) is 1.59. The molecule has 0 bridgehead atoms. The molecule has 0 saturated heterocycles. The van der Waals surface area contributed by atoms with Gasteiger partial charge in [0.05, 0.1) is 0 Å². The third-order valence-electron chi connectivity index (χ3n) is 2.45. The SMILES string of the molecule is CCCNCCNC(=O)c1ccc(C)c(Cl)c1.Cl. The number of nitrogens with one attached hydrogen (secondary N) is 2. The van der Waals surface area contributed by atoms with E-state index >= 15 is 0 Å². The maximum absolute atomic E-state index is 11.7. The van der Waals surface area contributed by atoms with Gasteiger partial charge < -0.3 is 10.6 Å². The molecule has 18 heavy (non-hydrogen) atoms. The first-order chi connectivity index (χ1) is 8.15. The fourth-order valence-electron chi connectivity index (χ4n) is 1.40. The highest BCUT2D eigenvalue weighted by molar-refractivity contribution is 6.31. The first kappa shape index (κ1) is 17.2. The lowest BCUT2D eigenvalue weighted by Gasteiger charge is -2.07. The fourth-order valence-corrected chi connectivity index (χ4v) is 1.58. The van der Waals surface area contributed by atoms with Crippen LogP contribution < -0.4 is 10.6 Å². The minimum absolute atomic E-state index is 0. The van der Waals surface area contributed by atoms with Gasteiger partial charge in [-0.3, -0.25) is 4.79 Å². The molecule has 0 unspecified atom stereocenters. The summed E-state index contributed by atoms with van der Waals surface area (Å²) in [6.45, 7) is 6.42. The number of carbonyl (C=O) groups is 1. The summed E-state index contributed by atoms with van der Waals surface area (Å²) in [4.78, 5) is 11.7. The van der Waals surface area contributed by atoms with Gasteiger partial charge in [-0.2, -0.15) is 0 Å². The summed E-state index contributed by atoms with van der Waals surface area (Å²) in [6.07, 6.45) is 1.10. The van der Waals surface area contributed by atoms with Crippen molar-refractivity contribution in [2.75, 3.05) is 19.6 Å². The summed E-state index contributed by atoms with van der Waals surface area (Å²) in [6, 6.07) is 5.34. The summed E-state index contributed by atoms with van der Waals surface area (Å²) in [7, 11) is 0. The zero-order chi connectivity index (χ0) is 12.7. The van der Waals surface area contributed by atoms with Crippen LogP contribution in [-0.4, -0.2) is 25.5 Å². The van der Waals surface area contributed by atoms with E-state index in [0.717, 1.165) is 25.1 Å². The Morgan fingerprint density at radius 2 is 2.00 bits per heavy atom. The Hall–Kier alpha value is -0.770. The summed E-state index contributed by atoms with van der Waals surface area (Å²) >= 11 is 5.97. The van der Waals surface area contributed by atoms with Crippen molar-refractivity contribution in [3.05, 3.63) is 34.3 Å². The molecular formula is C13H20Cl2N2O. The Balaban J connectivity index is 0.00000289. The van der Waals surface area contributed by atoms with E-state index in [1.54, 1.807) is 12.1 Å². The van der Waals surface area contributed by atoms with Gasteiger partial charge in [0.1, 0.15) is 0 Å². The van der Waals surface area contributed by atoms with Crippen LogP contribution in [-0.2, 0) is 0 Å². The van der Waals surface area contributed by atoms with Gasteiger partial charge >= 0.3 is 0 Å². The molecule has 1 rings (SSSR count). The molecule has 0 heterocycles. The summed E-state index contributed by atoms with van der Waals surface area (Å²) in [5, 5.41) is 6.69. The van der Waals surface area contributed by atoms with Crippen LogP contribution in [0.4, 0.5) is 0 Å². The normalized spacial score (nSPS) is 9.72. The minimum atomic E-state index is -0.0785. The highest BCUT2D eigenvalue weighted by Gasteiger charge is 2.06. The molecule has 0 spiro atoms. The van der Waals surface area contributed by atoms with Gasteiger partial charge in [-0.1, -0.05) is 24.6 Å². The molecule has 0 fully saturated rings. The van der Waals surface area contributed by atoms with Crippen LogP contribution in [0.15, 0.2) is 18.2 Å². The molecule has 1 aromatic carbocycles. The van der Waals surface area contributed by atoms with Crippen molar-refractivity contribution in [2.24, 2.45) is 0 Å². The fraction of sp³-hybridized carbons (Fsp3) is 0.462. The van der Waals surface area contributed by atoms with Gasteiger partial charge in [-0.25, -0.2) is 0 Å². The van der Waals surface area contributed by atoms with Crippen LogP contribution in [0.3, 0.4) is 0 Å². The quantitative estimate of drug-likeness (QED) is 0.791. The van der Waals surface area contributed by atoms with Crippen molar-refractivity contribution in [1.82, 2.24) is 10.6 Å². The van der Waals surface area contributed by atoms with Crippen LogP contribution in [0.5, 0.6) is 0 Å². The number of hydrogen-bond donors (Lipinski definition) is 2. The molecule has 2 N–H and O–H groups in total. The summed E-state index contributed by atoms with van der Waals surface area (Å²) in [5.74, 6) is -0.0785. The molecule has 0 atom stereocenters. The average Bonchev–Trinajstić information content (AvgIpc) is 2.32. The molecule has 0 aliphatic heterocycles. The Morgan fingerprint density at radius 1 is 1.28 bits per heavy atom. The lowest BCUT2D eigenvalue weighted by atomic mass is 10.1. The lowest BCUT2D eigenvalue weighted by Crippen LogP contribution is -2.32. The number of rotatable bonds is 6. The van der Waals surface area contributed by atoms with Crippen molar-refractivity contribution in [2.45, 2.75) is 20.3 Å². The van der Waals surface area contributed by atoms with E-state index in [2.05, 4.69) is 17.6 Å². The number of benzene rings is 1. The van der Waals surface area contributed by atoms with E-state index in [-0.39, 0.29) is 18.3 Å². The highest BCUT2D eigenvalue weighted by atomic mass is 35.5. The second kappa shape index (κ2) is 9.20. The van der Waals surface area contributed by atoms with Crippen LogP contribution in [0, 0.1) is 6.92 Å². The first-order valence-corrected chi connectivity index (χ1v) is 6.28. The maximum Gasteiger partial charge on any atom is 0.251 e. The first-order valence-electron chi connectivity index (χ1n) is 5.90. The van der Waals surface area contributed by atoms with E-state index in [1.165, 1.54) is 0 Å². The van der Waals surface area contributed by atoms with Gasteiger partial charge in [-0.05, 0) is 37.6 Å². The van der Waals surface area contributed by atoms with Crippen LogP contribution in [0.25, 0.3) is 0 Å². The summed E-state index contributed by atoms with van der Waals surface area (Å²) < 4.78 is 0. The molecule has 1 amide bonds. The standard InChI is InChI=1S/C13H19ClN2O.ClH/c1-3-6-15-7-8-16-13(17)11-5-4-10(2)12(14)9-11;/h4-5,9,15H,3,6-8H2,1-2H3,(H,16,17);1H. The zero-order valence-corrected chi connectivity index (χ0v) is 12.3. The predicted molar refractivity (Wildman–Crippen MR) is 78.9 cm³/mol. The molecule has 0 aliphatic rings. The van der Waals surface area contributed by atoms with Crippen LogP contribution >= 0.6 is 24.0 Å². The molecule has 0 aliphatic carbocycles. The average molecular weight is 291 g/mol. The van der Waals surface area contributed by atoms with Crippen molar-refractivity contribution < 1.29 is 4.79 Å². The number of hydrogen-bond acceptors (Lipinski definition) is 2. The number of aryl methyl sites for hydroxylation is 1. The minimum Gasteiger partial charge on any atom is -0.351 e. The number of amides is 1. The molecule has 0 radical (unpaired) electrons. The molecule has 102 valence electrons. The van der Waals surface area contributed by atoms with Crippen molar-refractivity contribution in [3.63, 3.8) is 0 Å². The van der Waals surface area contributed by atoms with Gasteiger partial charge in [0.15, 0.2) is 0 Å². The highest BCUT2D eigenvalue weighted by Crippen LogP contribution is 2.16. The Labute approximate surface area is 120 Å². The lowest BCUT2D eigenvalue weighted by molar-refractivity contribution is 0.0954. The largest absolute Gasteiger partial charge is 0.351 e. The van der Waals surface area contributed by atoms with Gasteiger partial charge in [0, 0.05) is 23.7 Å². The molecule has 0 aromatic heterocycles. The predicted octanol–water partition coefficient (Wildman–Crippen LogP) is 2.80. The van der Waals surface area contributed by atoms with E-state index in [1.807, 2.05) is 13.0 Å². The second-order valence-corrected chi connectivity index (χ2v) is 4.38. The van der Waals surface area contributed by atoms with Crippen molar-refractivity contribution in [3.8, 4) is 0 Å². The molecule has 5 heteroatoms. The zero-order valence-electron chi connectivity index (χ0n) is 10.8. The molecule has 3 nitrogen and oxygen atoms in total. The Kier molecular flexibility index (Phi) is 8.81. The number of halogens is 2. The van der Waals surface area contributed by atoms with E-state index in [0.29, 0.717) is 17.1 Å². The third-order valence-corrected chi connectivity index (χ3v) is 2.86. The Morgan fingerprint density at radius 3 is 2.61 bits per heavy atom. The third kappa shape index (κ3) is 5.71. The maximum atomic E-state index is 11.7. The van der Waals surface area contributed by atoms with Crippen LogP contribution in [0.2, 0.25) is 5.02 Å². The monoisotopic (exact) mass is 290 g/mol. The number of carbonyl (C=O) groups excluding carboxylic acids is 1. The van der Waals surface area contributed by atoms with Gasteiger partial charge in [0.2, 0.25) is 0 Å². The van der Waals surface area contributed by atoms with Crippen molar-refractivity contribution in [1.29, 1.82) is 0 Å². The molecule has 1 aromatic rings. The topological polar surface area (TPSA) is 41.1 Å². The van der Waals surface area contributed by atoms with E-state index in [4.69, 9.17) is 11.6 Å². The molecule has 0 saturated carbocycles. The Bertz CT molecular complexity index is 383. The molecular weight excluding hydrogens is 271 g/mol. The van der Waals surface area contributed by atoms with Crippen LogP contribution in [0.1, 0.15) is 29.3 Å².